The van der Waals surface area contributed by atoms with Gasteiger partial charge in [-0.05, 0) is 12.1 Å². The Hall–Kier alpha value is -1.79. The Morgan fingerprint density at radius 3 is 3.00 bits per heavy atom. The number of aromatic nitrogens is 4. The summed E-state index contributed by atoms with van der Waals surface area (Å²) in [4.78, 5) is 8.59. The summed E-state index contributed by atoms with van der Waals surface area (Å²) in [7, 11) is 0. The molecule has 3 rings (SSSR count). The van der Waals surface area contributed by atoms with Crippen LogP contribution in [0.5, 0.6) is 0 Å². The Morgan fingerprint density at radius 1 is 1.35 bits per heavy atom. The zero-order valence-electron chi connectivity index (χ0n) is 9.00. The van der Waals surface area contributed by atoms with Crippen LogP contribution in [-0.4, -0.2) is 20.2 Å². The van der Waals surface area contributed by atoms with Gasteiger partial charge in [-0.1, -0.05) is 12.1 Å². The molecule has 0 saturated heterocycles. The number of rotatable bonds is 3. The van der Waals surface area contributed by atoms with Gasteiger partial charge in [0.1, 0.15) is 12.2 Å². The van der Waals surface area contributed by atoms with E-state index in [9.17, 15) is 0 Å². The van der Waals surface area contributed by atoms with Crippen molar-refractivity contribution in [3.63, 3.8) is 0 Å². The zero-order valence-corrected chi connectivity index (χ0v) is 9.81. The standard InChI is InChI=1S/C11H11N5S/c12-7(11-13-6-14-16-11)5-10-15-8-3-1-2-4-9(8)17-10/h1-4,6-7H,5,12H2,(H,13,14,16). The molecular weight excluding hydrogens is 234 g/mol. The second-order valence-corrected chi connectivity index (χ2v) is 4.87. The quantitative estimate of drug-likeness (QED) is 0.735. The number of nitrogens with two attached hydrogens (primary N) is 1. The molecule has 0 radical (unpaired) electrons. The lowest BCUT2D eigenvalue weighted by atomic mass is 10.2. The summed E-state index contributed by atoms with van der Waals surface area (Å²) in [6.07, 6.45) is 2.14. The number of aromatic amines is 1. The summed E-state index contributed by atoms with van der Waals surface area (Å²) in [5.41, 5.74) is 7.05. The van der Waals surface area contributed by atoms with E-state index < -0.39 is 0 Å². The fourth-order valence-corrected chi connectivity index (χ4v) is 2.71. The van der Waals surface area contributed by atoms with Gasteiger partial charge >= 0.3 is 0 Å². The highest BCUT2D eigenvalue weighted by atomic mass is 32.1. The second-order valence-electron chi connectivity index (χ2n) is 3.76. The minimum absolute atomic E-state index is 0.182. The molecule has 0 bridgehead atoms. The second kappa shape index (κ2) is 4.23. The first-order chi connectivity index (χ1) is 8.33. The molecule has 0 saturated carbocycles. The van der Waals surface area contributed by atoms with Crippen LogP contribution in [0.2, 0.25) is 0 Å². The van der Waals surface area contributed by atoms with Crippen LogP contribution in [0.25, 0.3) is 10.2 Å². The molecule has 2 aromatic heterocycles. The van der Waals surface area contributed by atoms with Gasteiger partial charge in [-0.3, -0.25) is 5.10 Å². The van der Waals surface area contributed by atoms with Gasteiger partial charge in [-0.25, -0.2) is 9.97 Å². The van der Waals surface area contributed by atoms with E-state index in [4.69, 9.17) is 5.73 Å². The van der Waals surface area contributed by atoms with Gasteiger partial charge in [0.05, 0.1) is 21.3 Å². The number of fused-ring (bicyclic) bond motifs is 1. The minimum Gasteiger partial charge on any atom is -0.321 e. The smallest absolute Gasteiger partial charge is 0.141 e. The highest BCUT2D eigenvalue weighted by Crippen LogP contribution is 2.24. The molecule has 1 unspecified atom stereocenters. The molecule has 3 aromatic rings. The minimum atomic E-state index is -0.182. The van der Waals surface area contributed by atoms with Gasteiger partial charge < -0.3 is 5.73 Å². The molecular formula is C11H11N5S. The maximum atomic E-state index is 6.03. The van der Waals surface area contributed by atoms with E-state index in [-0.39, 0.29) is 6.04 Å². The number of benzene rings is 1. The monoisotopic (exact) mass is 245 g/mol. The van der Waals surface area contributed by atoms with Crippen molar-refractivity contribution < 1.29 is 0 Å². The number of hydrogen-bond donors (Lipinski definition) is 2. The number of H-pyrrole nitrogens is 1. The van der Waals surface area contributed by atoms with Crippen LogP contribution >= 0.6 is 11.3 Å². The van der Waals surface area contributed by atoms with Crippen LogP contribution in [0.1, 0.15) is 16.9 Å². The van der Waals surface area contributed by atoms with Crippen LogP contribution in [0.4, 0.5) is 0 Å². The normalized spacial score (nSPS) is 13.0. The average molecular weight is 245 g/mol. The largest absolute Gasteiger partial charge is 0.321 e. The summed E-state index contributed by atoms with van der Waals surface area (Å²) in [5.74, 6) is 0.698. The molecule has 0 fully saturated rings. The van der Waals surface area contributed by atoms with E-state index in [2.05, 4.69) is 26.2 Å². The van der Waals surface area contributed by atoms with Crippen molar-refractivity contribution in [3.8, 4) is 0 Å². The number of nitrogens with one attached hydrogen (secondary N) is 1. The molecule has 5 nitrogen and oxygen atoms in total. The number of nitrogens with zero attached hydrogens (tertiary/aromatic N) is 3. The predicted octanol–water partition coefficient (Wildman–Crippen LogP) is 1.66. The van der Waals surface area contributed by atoms with Crippen LogP contribution in [-0.2, 0) is 6.42 Å². The maximum Gasteiger partial charge on any atom is 0.141 e. The lowest BCUT2D eigenvalue weighted by molar-refractivity contribution is 0.669. The summed E-state index contributed by atoms with van der Waals surface area (Å²) < 4.78 is 1.19. The van der Waals surface area contributed by atoms with Gasteiger partial charge in [0.25, 0.3) is 0 Å². The van der Waals surface area contributed by atoms with Gasteiger partial charge in [0, 0.05) is 6.42 Å². The van der Waals surface area contributed by atoms with Crippen molar-refractivity contribution in [3.05, 3.63) is 41.4 Å². The molecule has 6 heteroatoms. The van der Waals surface area contributed by atoms with Crippen molar-refractivity contribution in [1.82, 2.24) is 20.2 Å². The molecule has 0 aliphatic rings. The Morgan fingerprint density at radius 2 is 2.24 bits per heavy atom. The Labute approximate surface area is 102 Å². The lowest BCUT2D eigenvalue weighted by Gasteiger charge is -2.04. The highest BCUT2D eigenvalue weighted by Gasteiger charge is 2.12. The lowest BCUT2D eigenvalue weighted by Crippen LogP contribution is -2.14. The summed E-state index contributed by atoms with van der Waals surface area (Å²) >= 11 is 1.67. The first-order valence-electron chi connectivity index (χ1n) is 5.28. The average Bonchev–Trinajstić information content (AvgIpc) is 2.97. The number of hydrogen-bond acceptors (Lipinski definition) is 5. The van der Waals surface area contributed by atoms with E-state index in [1.165, 1.54) is 11.0 Å². The van der Waals surface area contributed by atoms with E-state index >= 15 is 0 Å². The van der Waals surface area contributed by atoms with E-state index in [1.807, 2.05) is 18.2 Å². The van der Waals surface area contributed by atoms with Gasteiger partial charge in [0.15, 0.2) is 0 Å². The van der Waals surface area contributed by atoms with Gasteiger partial charge in [0.2, 0.25) is 0 Å². The van der Waals surface area contributed by atoms with Crippen molar-refractivity contribution in [2.24, 2.45) is 5.73 Å². The Kier molecular flexibility index (Phi) is 2.58. The van der Waals surface area contributed by atoms with Gasteiger partial charge in [-0.2, -0.15) is 5.10 Å². The maximum absolute atomic E-state index is 6.03. The molecule has 3 N–H and O–H groups in total. The van der Waals surface area contributed by atoms with Crippen LogP contribution in [0.15, 0.2) is 30.6 Å². The third-order valence-electron chi connectivity index (χ3n) is 2.52. The molecule has 0 aliphatic carbocycles. The highest BCUT2D eigenvalue weighted by molar-refractivity contribution is 7.18. The Bertz CT molecular complexity index is 583. The van der Waals surface area contributed by atoms with Crippen LogP contribution in [0, 0.1) is 0 Å². The number of para-hydroxylation sites is 1. The van der Waals surface area contributed by atoms with E-state index in [0.717, 1.165) is 10.5 Å². The third kappa shape index (κ3) is 2.04. The van der Waals surface area contributed by atoms with Crippen LogP contribution in [0.3, 0.4) is 0 Å². The van der Waals surface area contributed by atoms with E-state index in [1.54, 1.807) is 11.3 Å². The molecule has 1 aromatic carbocycles. The fraction of sp³-hybridized carbons (Fsp3) is 0.182. The molecule has 0 spiro atoms. The molecule has 86 valence electrons. The fourth-order valence-electron chi connectivity index (χ4n) is 1.69. The van der Waals surface area contributed by atoms with Crippen molar-refractivity contribution >= 4 is 21.6 Å². The van der Waals surface area contributed by atoms with Crippen molar-refractivity contribution in [2.75, 3.05) is 0 Å². The first kappa shape index (κ1) is 10.4. The first-order valence-corrected chi connectivity index (χ1v) is 6.10. The SMILES string of the molecule is NC(Cc1nc2ccccc2s1)c1ncn[nH]1. The zero-order chi connectivity index (χ0) is 11.7. The van der Waals surface area contributed by atoms with E-state index in [0.29, 0.717) is 12.2 Å². The molecule has 17 heavy (non-hydrogen) atoms. The molecule has 0 aliphatic heterocycles. The molecule has 1 atom stereocenters. The van der Waals surface area contributed by atoms with Crippen LogP contribution < -0.4 is 5.73 Å². The molecule has 2 heterocycles. The number of thiazole rings is 1. The van der Waals surface area contributed by atoms with Crippen molar-refractivity contribution in [2.45, 2.75) is 12.5 Å². The molecule has 0 amide bonds. The summed E-state index contributed by atoms with van der Waals surface area (Å²) in [5, 5.41) is 7.60. The Balaban J connectivity index is 1.85. The third-order valence-corrected chi connectivity index (χ3v) is 3.58. The van der Waals surface area contributed by atoms with Gasteiger partial charge in [-0.15, -0.1) is 11.3 Å². The topological polar surface area (TPSA) is 80.5 Å². The van der Waals surface area contributed by atoms with Crippen molar-refractivity contribution in [1.29, 1.82) is 0 Å². The summed E-state index contributed by atoms with van der Waals surface area (Å²) in [6.45, 7) is 0. The predicted molar refractivity (Wildman–Crippen MR) is 66.6 cm³/mol. The summed E-state index contributed by atoms with van der Waals surface area (Å²) in [6, 6.07) is 7.90.